The van der Waals surface area contributed by atoms with Crippen molar-refractivity contribution in [2.75, 3.05) is 34.0 Å². The average Bonchev–Trinajstić information content (AvgIpc) is 2.84. The van der Waals surface area contributed by atoms with E-state index in [1.807, 2.05) is 32.0 Å². The number of hydrogen-bond donors (Lipinski definition) is 1. The maximum absolute atomic E-state index is 13.3. The molecule has 1 atom stereocenters. The Bertz CT molecular complexity index is 1290. The molecule has 35 heavy (non-hydrogen) atoms. The zero-order chi connectivity index (χ0) is 25.5. The van der Waals surface area contributed by atoms with Gasteiger partial charge in [-0.1, -0.05) is 23.9 Å². The largest absolute Gasteiger partial charge is 0.383 e. The number of methoxy groups -OCH3 is 2. The van der Waals surface area contributed by atoms with Crippen molar-refractivity contribution in [3.63, 3.8) is 0 Å². The second-order valence-corrected chi connectivity index (χ2v) is 9.56. The molecule has 0 saturated carbocycles. The number of carbonyl (C=O) groups is 2. The van der Waals surface area contributed by atoms with Crippen LogP contribution >= 0.6 is 11.8 Å². The first-order valence-corrected chi connectivity index (χ1v) is 12.2. The Hall–Kier alpha value is -3.01. The number of aromatic nitrogens is 2. The highest BCUT2D eigenvalue weighted by atomic mass is 32.2. The van der Waals surface area contributed by atoms with Crippen LogP contribution in [-0.4, -0.2) is 60.5 Å². The van der Waals surface area contributed by atoms with E-state index in [2.05, 4.69) is 10.3 Å². The third-order valence-electron chi connectivity index (χ3n) is 5.74. The number of hydrogen-bond acceptors (Lipinski definition) is 7. The van der Waals surface area contributed by atoms with Crippen molar-refractivity contribution in [3.05, 3.63) is 69.0 Å². The van der Waals surface area contributed by atoms with Gasteiger partial charge in [0.2, 0.25) is 0 Å². The monoisotopic (exact) mass is 497 g/mol. The Balaban J connectivity index is 1.97. The number of ketones is 1. The lowest BCUT2D eigenvalue weighted by Crippen LogP contribution is -2.28. The maximum atomic E-state index is 13.3. The summed E-state index contributed by atoms with van der Waals surface area (Å²) in [5.41, 5.74) is 3.34. The summed E-state index contributed by atoms with van der Waals surface area (Å²) in [5.74, 6) is -0.321. The van der Waals surface area contributed by atoms with Crippen LogP contribution in [-0.2, 0) is 16.0 Å². The third-order valence-corrected chi connectivity index (χ3v) is 6.83. The fraction of sp³-hybridized carbons (Fsp3) is 0.385. The standard InChI is InChI=1S/C26H31N3O5S/c1-16-6-7-19(14-17(16)2)23(30)18(3)35-26-28-22-15-20(24(31)27-10-12-33-4)8-9-21(22)25(32)29(26)11-13-34-5/h6-9,14-15,18H,10-13H2,1-5H3,(H,27,31). The highest BCUT2D eigenvalue weighted by molar-refractivity contribution is 8.00. The lowest BCUT2D eigenvalue weighted by atomic mass is 10.0. The van der Waals surface area contributed by atoms with Crippen molar-refractivity contribution in [3.8, 4) is 0 Å². The second kappa shape index (κ2) is 12.1. The Morgan fingerprint density at radius 3 is 2.43 bits per heavy atom. The van der Waals surface area contributed by atoms with E-state index in [-0.39, 0.29) is 17.2 Å². The van der Waals surface area contributed by atoms with Crippen molar-refractivity contribution < 1.29 is 19.1 Å². The molecule has 9 heteroatoms. The van der Waals surface area contributed by atoms with Crippen LogP contribution in [0.1, 0.15) is 38.8 Å². The normalized spacial score (nSPS) is 12.0. The van der Waals surface area contributed by atoms with Crippen molar-refractivity contribution in [2.45, 2.75) is 37.7 Å². The Kier molecular flexibility index (Phi) is 9.20. The minimum absolute atomic E-state index is 0.0444. The minimum Gasteiger partial charge on any atom is -0.383 e. The van der Waals surface area contributed by atoms with Crippen molar-refractivity contribution >= 4 is 34.4 Å². The van der Waals surface area contributed by atoms with Gasteiger partial charge in [0.15, 0.2) is 10.9 Å². The van der Waals surface area contributed by atoms with Gasteiger partial charge >= 0.3 is 0 Å². The molecule has 0 aliphatic rings. The number of benzene rings is 2. The molecule has 0 bridgehead atoms. The van der Waals surface area contributed by atoms with Crippen LogP contribution < -0.4 is 10.9 Å². The van der Waals surface area contributed by atoms with Gasteiger partial charge in [0.25, 0.3) is 11.5 Å². The van der Waals surface area contributed by atoms with E-state index in [0.29, 0.717) is 53.5 Å². The molecule has 0 saturated heterocycles. The van der Waals surface area contributed by atoms with E-state index >= 15 is 0 Å². The number of Topliss-reactive ketones (excluding diaryl/α,β-unsaturated/α-hetero) is 1. The van der Waals surface area contributed by atoms with E-state index in [9.17, 15) is 14.4 Å². The number of amides is 1. The molecule has 0 spiro atoms. The van der Waals surface area contributed by atoms with E-state index < -0.39 is 5.25 Å². The summed E-state index contributed by atoms with van der Waals surface area (Å²) in [6.45, 7) is 7.17. The predicted octanol–water partition coefficient (Wildman–Crippen LogP) is 3.40. The molecule has 0 radical (unpaired) electrons. The zero-order valence-electron chi connectivity index (χ0n) is 20.7. The van der Waals surface area contributed by atoms with Gasteiger partial charge in [0, 0.05) is 31.9 Å². The number of nitrogens with one attached hydrogen (secondary N) is 1. The van der Waals surface area contributed by atoms with Crippen LogP contribution in [0.4, 0.5) is 0 Å². The summed E-state index contributed by atoms with van der Waals surface area (Å²) in [6, 6.07) is 10.4. The fourth-order valence-electron chi connectivity index (χ4n) is 3.52. The number of thioether (sulfide) groups is 1. The van der Waals surface area contributed by atoms with Crippen LogP contribution in [0.25, 0.3) is 10.9 Å². The summed E-state index contributed by atoms with van der Waals surface area (Å²) < 4.78 is 11.7. The third kappa shape index (κ3) is 6.36. The van der Waals surface area contributed by atoms with Crippen LogP contribution in [0.15, 0.2) is 46.3 Å². The average molecular weight is 498 g/mol. The lowest BCUT2D eigenvalue weighted by Gasteiger charge is -2.16. The van der Waals surface area contributed by atoms with Gasteiger partial charge in [-0.15, -0.1) is 0 Å². The molecule has 3 rings (SSSR count). The number of fused-ring (bicyclic) bond motifs is 1. The minimum atomic E-state index is -0.476. The predicted molar refractivity (Wildman–Crippen MR) is 138 cm³/mol. The first-order chi connectivity index (χ1) is 16.8. The number of rotatable bonds is 11. The number of carbonyl (C=O) groups excluding carboxylic acids is 2. The molecular weight excluding hydrogens is 466 g/mol. The molecule has 1 N–H and O–H groups in total. The van der Waals surface area contributed by atoms with Gasteiger partial charge in [-0.2, -0.15) is 0 Å². The van der Waals surface area contributed by atoms with Gasteiger partial charge in [-0.3, -0.25) is 19.0 Å². The highest BCUT2D eigenvalue weighted by Crippen LogP contribution is 2.26. The summed E-state index contributed by atoms with van der Waals surface area (Å²) >= 11 is 1.22. The summed E-state index contributed by atoms with van der Waals surface area (Å²) in [4.78, 5) is 43.6. The van der Waals surface area contributed by atoms with Gasteiger partial charge in [-0.25, -0.2) is 4.98 Å². The van der Waals surface area contributed by atoms with E-state index in [1.165, 1.54) is 16.3 Å². The molecule has 2 aromatic carbocycles. The molecule has 0 aliphatic heterocycles. The Morgan fingerprint density at radius 2 is 1.74 bits per heavy atom. The number of aryl methyl sites for hydroxylation is 2. The van der Waals surface area contributed by atoms with Crippen LogP contribution in [0.2, 0.25) is 0 Å². The smallest absolute Gasteiger partial charge is 0.262 e. The van der Waals surface area contributed by atoms with Crippen LogP contribution in [0, 0.1) is 13.8 Å². The second-order valence-electron chi connectivity index (χ2n) is 8.25. The molecular formula is C26H31N3O5S. The summed E-state index contributed by atoms with van der Waals surface area (Å²) in [5, 5.41) is 3.09. The summed E-state index contributed by atoms with van der Waals surface area (Å²) in [7, 11) is 3.12. The number of ether oxygens (including phenoxy) is 2. The van der Waals surface area contributed by atoms with Crippen LogP contribution in [0.5, 0.6) is 0 Å². The fourth-order valence-corrected chi connectivity index (χ4v) is 4.53. The molecule has 1 unspecified atom stereocenters. The quantitative estimate of drug-likeness (QED) is 0.188. The van der Waals surface area contributed by atoms with Crippen molar-refractivity contribution in [1.82, 2.24) is 14.9 Å². The van der Waals surface area contributed by atoms with Crippen molar-refractivity contribution in [2.24, 2.45) is 0 Å². The molecule has 8 nitrogen and oxygen atoms in total. The van der Waals surface area contributed by atoms with E-state index in [1.54, 1.807) is 39.3 Å². The first-order valence-electron chi connectivity index (χ1n) is 11.4. The van der Waals surface area contributed by atoms with E-state index in [0.717, 1.165) is 11.1 Å². The van der Waals surface area contributed by atoms with Crippen LogP contribution in [0.3, 0.4) is 0 Å². The van der Waals surface area contributed by atoms with Gasteiger partial charge in [0.05, 0.1) is 35.9 Å². The van der Waals surface area contributed by atoms with E-state index in [4.69, 9.17) is 9.47 Å². The molecule has 1 aromatic heterocycles. The topological polar surface area (TPSA) is 99.5 Å². The molecule has 186 valence electrons. The Morgan fingerprint density at radius 1 is 1.03 bits per heavy atom. The van der Waals surface area contributed by atoms with Gasteiger partial charge < -0.3 is 14.8 Å². The van der Waals surface area contributed by atoms with Gasteiger partial charge in [-0.05, 0) is 56.2 Å². The molecule has 3 aromatic rings. The lowest BCUT2D eigenvalue weighted by molar-refractivity contribution is 0.0936. The maximum Gasteiger partial charge on any atom is 0.262 e. The highest BCUT2D eigenvalue weighted by Gasteiger charge is 2.21. The molecule has 0 aliphatic carbocycles. The Labute approximate surface area is 209 Å². The number of nitrogens with zero attached hydrogens (tertiary/aromatic N) is 2. The molecule has 1 heterocycles. The molecule has 0 fully saturated rings. The first kappa shape index (κ1) is 26.6. The van der Waals surface area contributed by atoms with Crippen molar-refractivity contribution in [1.29, 1.82) is 0 Å². The SMILES string of the molecule is COCCNC(=O)c1ccc2c(=O)n(CCOC)c(SC(C)C(=O)c3ccc(C)c(C)c3)nc2c1. The van der Waals surface area contributed by atoms with Gasteiger partial charge in [0.1, 0.15) is 0 Å². The zero-order valence-corrected chi connectivity index (χ0v) is 21.5. The molecule has 1 amide bonds. The summed E-state index contributed by atoms with van der Waals surface area (Å²) in [6.07, 6.45) is 0.